The number of rotatable bonds is 5. The van der Waals surface area contributed by atoms with Crippen LogP contribution in [0.5, 0.6) is 0 Å². The van der Waals surface area contributed by atoms with Gasteiger partial charge < -0.3 is 0 Å². The largest absolute Gasteiger partial charge is 0.204 e. The van der Waals surface area contributed by atoms with Crippen LogP contribution in [0.2, 0.25) is 0 Å². The third kappa shape index (κ3) is 3.27. The lowest BCUT2D eigenvalue weighted by Gasteiger charge is -2.28. The highest BCUT2D eigenvalue weighted by atomic mass is 79.9. The zero-order valence-electron chi connectivity index (χ0n) is 9.07. The van der Waals surface area contributed by atoms with Gasteiger partial charge in [0, 0.05) is 10.7 Å². The Kier molecular flexibility index (Phi) is 5.38. The third-order valence-electron chi connectivity index (χ3n) is 2.88. The molecule has 0 saturated carbocycles. The zero-order valence-corrected chi connectivity index (χ0v) is 12.2. The molecule has 0 amide bonds. The van der Waals surface area contributed by atoms with Crippen LogP contribution in [0.25, 0.3) is 0 Å². The maximum absolute atomic E-state index is 13.1. The molecule has 1 aromatic rings. The van der Waals surface area contributed by atoms with E-state index in [9.17, 15) is 8.78 Å². The molecule has 90 valence electrons. The molecule has 0 aliphatic heterocycles. The summed E-state index contributed by atoms with van der Waals surface area (Å²) in [7, 11) is 0. The van der Waals surface area contributed by atoms with Gasteiger partial charge in [0.1, 0.15) is 0 Å². The van der Waals surface area contributed by atoms with Gasteiger partial charge in [-0.1, -0.05) is 44.8 Å². The van der Waals surface area contributed by atoms with Gasteiger partial charge in [0.25, 0.3) is 0 Å². The first-order valence-electron chi connectivity index (χ1n) is 5.13. The topological polar surface area (TPSA) is 0 Å². The first-order valence-corrected chi connectivity index (χ1v) is 7.37. The van der Waals surface area contributed by atoms with Crippen molar-refractivity contribution in [2.75, 3.05) is 10.7 Å². The summed E-state index contributed by atoms with van der Waals surface area (Å²) in [6.45, 7) is 2.10. The molecule has 1 rings (SSSR count). The zero-order chi connectivity index (χ0) is 12.2. The molecule has 0 aromatic heterocycles. The fourth-order valence-electron chi connectivity index (χ4n) is 1.53. The van der Waals surface area contributed by atoms with Gasteiger partial charge in [0.2, 0.25) is 0 Å². The van der Waals surface area contributed by atoms with E-state index in [0.29, 0.717) is 0 Å². The minimum Gasteiger partial charge on any atom is -0.204 e. The number of hydrogen-bond acceptors (Lipinski definition) is 0. The van der Waals surface area contributed by atoms with Crippen LogP contribution in [0.3, 0.4) is 0 Å². The molecule has 0 unspecified atom stereocenters. The van der Waals surface area contributed by atoms with Gasteiger partial charge in [0.15, 0.2) is 11.6 Å². The molecular formula is C12H14Br2F2. The van der Waals surface area contributed by atoms with Crippen LogP contribution in [0.4, 0.5) is 8.78 Å². The highest BCUT2D eigenvalue weighted by Crippen LogP contribution is 2.31. The van der Waals surface area contributed by atoms with Gasteiger partial charge in [-0.25, -0.2) is 8.78 Å². The van der Waals surface area contributed by atoms with Crippen molar-refractivity contribution in [1.29, 1.82) is 0 Å². The quantitative estimate of drug-likeness (QED) is 0.672. The van der Waals surface area contributed by atoms with Crippen LogP contribution >= 0.6 is 31.9 Å². The van der Waals surface area contributed by atoms with Crippen molar-refractivity contribution in [3.05, 3.63) is 35.4 Å². The fourth-order valence-corrected chi connectivity index (χ4v) is 3.64. The molecule has 0 nitrogen and oxygen atoms in total. The van der Waals surface area contributed by atoms with Crippen LogP contribution in [-0.4, -0.2) is 10.7 Å². The second-order valence-corrected chi connectivity index (χ2v) is 5.17. The first kappa shape index (κ1) is 14.1. The second kappa shape index (κ2) is 6.10. The van der Waals surface area contributed by atoms with Gasteiger partial charge in [-0.15, -0.1) is 0 Å². The van der Waals surface area contributed by atoms with Gasteiger partial charge in [-0.2, -0.15) is 0 Å². The smallest absolute Gasteiger partial charge is 0.159 e. The lowest BCUT2D eigenvalue weighted by Crippen LogP contribution is -2.26. The van der Waals surface area contributed by atoms with E-state index in [1.54, 1.807) is 6.07 Å². The molecular weight excluding hydrogens is 342 g/mol. The predicted octanol–water partition coefficient (Wildman–Crippen LogP) is 4.69. The Morgan fingerprint density at radius 2 is 1.75 bits per heavy atom. The Labute approximate surface area is 112 Å². The molecule has 0 N–H and O–H groups in total. The molecule has 0 atom stereocenters. The summed E-state index contributed by atoms with van der Waals surface area (Å²) >= 11 is 6.97. The molecule has 0 spiro atoms. The van der Waals surface area contributed by atoms with Crippen molar-refractivity contribution in [3.63, 3.8) is 0 Å². The van der Waals surface area contributed by atoms with E-state index in [1.807, 2.05) is 0 Å². The minimum absolute atomic E-state index is 0.0598. The summed E-state index contributed by atoms with van der Waals surface area (Å²) in [5.74, 6) is -1.56. The highest BCUT2D eigenvalue weighted by Gasteiger charge is 2.26. The van der Waals surface area contributed by atoms with E-state index >= 15 is 0 Å². The molecule has 4 heteroatoms. The summed E-state index contributed by atoms with van der Waals surface area (Å²) in [5, 5.41) is 1.67. The Bertz CT molecular complexity index is 341. The van der Waals surface area contributed by atoms with Crippen LogP contribution < -0.4 is 0 Å². The Balaban J connectivity index is 2.89. The van der Waals surface area contributed by atoms with E-state index in [4.69, 9.17) is 0 Å². The summed E-state index contributed by atoms with van der Waals surface area (Å²) in [6.07, 6.45) is 1.71. The van der Waals surface area contributed by atoms with E-state index in [2.05, 4.69) is 38.8 Å². The normalized spacial score (nSPS) is 11.8. The Hall–Kier alpha value is 0.0400. The van der Waals surface area contributed by atoms with Gasteiger partial charge in [-0.3, -0.25) is 0 Å². The maximum Gasteiger partial charge on any atom is 0.159 e. The summed E-state index contributed by atoms with van der Waals surface area (Å²) in [4.78, 5) is 0. The van der Waals surface area contributed by atoms with Crippen molar-refractivity contribution < 1.29 is 8.78 Å². The predicted molar refractivity (Wildman–Crippen MR) is 70.4 cm³/mol. The van der Waals surface area contributed by atoms with E-state index in [-0.39, 0.29) is 5.41 Å². The molecule has 0 aliphatic carbocycles. The Morgan fingerprint density at radius 1 is 1.12 bits per heavy atom. The summed E-state index contributed by atoms with van der Waals surface area (Å²) in [6, 6.07) is 4.12. The molecule has 0 heterocycles. The highest BCUT2D eigenvalue weighted by molar-refractivity contribution is 9.09. The van der Waals surface area contributed by atoms with Crippen LogP contribution in [-0.2, 0) is 6.42 Å². The molecule has 0 aliphatic rings. The molecule has 1 aromatic carbocycles. The lowest BCUT2D eigenvalue weighted by molar-refractivity contribution is 0.372. The number of halogens is 4. The molecule has 0 radical (unpaired) electrons. The standard InChI is InChI=1S/C12H14Br2F2/c1-2-12(7-13,8-14)6-9-3-4-10(15)11(16)5-9/h3-5H,2,6-8H2,1H3. The van der Waals surface area contributed by atoms with Crippen molar-refractivity contribution in [3.8, 4) is 0 Å². The SMILES string of the molecule is CCC(CBr)(CBr)Cc1ccc(F)c(F)c1. The van der Waals surface area contributed by atoms with E-state index in [0.717, 1.165) is 29.1 Å². The number of benzene rings is 1. The van der Waals surface area contributed by atoms with Crippen molar-refractivity contribution >= 4 is 31.9 Å². The Morgan fingerprint density at radius 3 is 2.19 bits per heavy atom. The average Bonchev–Trinajstić information content (AvgIpc) is 2.31. The summed E-state index contributed by atoms with van der Waals surface area (Å²) in [5.41, 5.74) is 0.893. The molecule has 0 saturated heterocycles. The van der Waals surface area contributed by atoms with Crippen molar-refractivity contribution in [2.45, 2.75) is 19.8 Å². The van der Waals surface area contributed by atoms with Crippen molar-refractivity contribution in [1.82, 2.24) is 0 Å². The van der Waals surface area contributed by atoms with Crippen LogP contribution in [0, 0.1) is 17.0 Å². The minimum atomic E-state index is -0.788. The van der Waals surface area contributed by atoms with Crippen LogP contribution in [0.15, 0.2) is 18.2 Å². The third-order valence-corrected chi connectivity index (χ3v) is 5.26. The lowest BCUT2D eigenvalue weighted by atomic mass is 9.83. The maximum atomic E-state index is 13.1. The monoisotopic (exact) mass is 354 g/mol. The van der Waals surface area contributed by atoms with Gasteiger partial charge in [-0.05, 0) is 36.0 Å². The van der Waals surface area contributed by atoms with Crippen LogP contribution in [0.1, 0.15) is 18.9 Å². The van der Waals surface area contributed by atoms with Gasteiger partial charge >= 0.3 is 0 Å². The molecule has 16 heavy (non-hydrogen) atoms. The first-order chi connectivity index (χ1) is 7.56. The number of alkyl halides is 2. The van der Waals surface area contributed by atoms with E-state index in [1.165, 1.54) is 12.1 Å². The summed E-state index contributed by atoms with van der Waals surface area (Å²) < 4.78 is 25.9. The molecule has 0 bridgehead atoms. The fraction of sp³-hybridized carbons (Fsp3) is 0.500. The molecule has 0 fully saturated rings. The second-order valence-electron chi connectivity index (χ2n) is 4.05. The number of hydrogen-bond donors (Lipinski definition) is 0. The van der Waals surface area contributed by atoms with E-state index < -0.39 is 11.6 Å². The van der Waals surface area contributed by atoms with Crippen molar-refractivity contribution in [2.24, 2.45) is 5.41 Å². The van der Waals surface area contributed by atoms with Gasteiger partial charge in [0.05, 0.1) is 0 Å². The average molecular weight is 356 g/mol.